The highest BCUT2D eigenvalue weighted by molar-refractivity contribution is 5.93. The van der Waals surface area contributed by atoms with Crippen molar-refractivity contribution in [3.8, 4) is 0 Å². The minimum atomic E-state index is -0.566. The van der Waals surface area contributed by atoms with Gasteiger partial charge in [0.1, 0.15) is 5.69 Å². The topological polar surface area (TPSA) is 99.5 Å². The number of carbonyl (C=O) groups excluding carboxylic acids is 1. The smallest absolute Gasteiger partial charge is 0.287 e. The molecule has 17 heavy (non-hydrogen) atoms. The number of aliphatic hydroxyl groups excluding tert-OH is 1. The Bertz CT molecular complexity index is 413. The highest BCUT2D eigenvalue weighted by Gasteiger charge is 2.17. The number of aromatic nitrogens is 1. The summed E-state index contributed by atoms with van der Waals surface area (Å²) in [6, 6.07) is 1.20. The summed E-state index contributed by atoms with van der Waals surface area (Å²) in [6.07, 6.45) is 1.16. The fourth-order valence-electron chi connectivity index (χ4n) is 1.30. The van der Waals surface area contributed by atoms with Crippen molar-refractivity contribution in [2.75, 3.05) is 13.6 Å². The van der Waals surface area contributed by atoms with E-state index in [4.69, 9.17) is 5.11 Å². The molecule has 1 heterocycles. The lowest BCUT2D eigenvalue weighted by Crippen LogP contribution is -2.29. The van der Waals surface area contributed by atoms with Crippen LogP contribution in [0.5, 0.6) is 0 Å². The summed E-state index contributed by atoms with van der Waals surface area (Å²) in [4.78, 5) is 25.6. The highest BCUT2D eigenvalue weighted by Crippen LogP contribution is 2.13. The number of amides is 1. The van der Waals surface area contributed by atoms with E-state index in [9.17, 15) is 14.9 Å². The molecule has 1 atom stereocenters. The first-order valence-corrected chi connectivity index (χ1v) is 5.18. The van der Waals surface area contributed by atoms with Gasteiger partial charge >= 0.3 is 0 Å². The Labute approximate surface area is 98.2 Å². The van der Waals surface area contributed by atoms with Gasteiger partial charge in [-0.2, -0.15) is 0 Å². The normalized spacial score (nSPS) is 12.2. The Morgan fingerprint density at radius 3 is 2.82 bits per heavy atom. The van der Waals surface area contributed by atoms with Crippen LogP contribution < -0.4 is 0 Å². The second kappa shape index (κ2) is 5.44. The minimum Gasteiger partial charge on any atom is -0.393 e. The van der Waals surface area contributed by atoms with Gasteiger partial charge in [-0.1, -0.05) is 0 Å². The van der Waals surface area contributed by atoms with Gasteiger partial charge in [-0.3, -0.25) is 14.9 Å². The third-order valence-electron chi connectivity index (χ3n) is 2.34. The van der Waals surface area contributed by atoms with Gasteiger partial charge in [-0.25, -0.2) is 0 Å². The summed E-state index contributed by atoms with van der Waals surface area (Å²) >= 11 is 0. The molecule has 0 radical (unpaired) electrons. The number of H-pyrrole nitrogens is 1. The van der Waals surface area contributed by atoms with E-state index in [2.05, 4.69) is 4.98 Å². The maximum atomic E-state index is 11.8. The van der Waals surface area contributed by atoms with Crippen LogP contribution >= 0.6 is 0 Å². The summed E-state index contributed by atoms with van der Waals surface area (Å²) < 4.78 is 0. The molecule has 0 fully saturated rings. The van der Waals surface area contributed by atoms with Crippen molar-refractivity contribution in [1.82, 2.24) is 9.88 Å². The van der Waals surface area contributed by atoms with Crippen LogP contribution in [-0.2, 0) is 0 Å². The number of rotatable bonds is 5. The summed E-state index contributed by atoms with van der Waals surface area (Å²) in [5.41, 5.74) is 0.0297. The van der Waals surface area contributed by atoms with E-state index in [0.717, 1.165) is 0 Å². The summed E-state index contributed by atoms with van der Waals surface area (Å²) in [5, 5.41) is 19.5. The number of nitro groups is 1. The van der Waals surface area contributed by atoms with E-state index in [0.29, 0.717) is 13.0 Å². The van der Waals surface area contributed by atoms with Crippen LogP contribution in [0.25, 0.3) is 0 Å². The zero-order chi connectivity index (χ0) is 13.0. The Morgan fingerprint density at radius 1 is 1.71 bits per heavy atom. The molecule has 0 aromatic carbocycles. The van der Waals surface area contributed by atoms with Crippen LogP contribution in [0.15, 0.2) is 12.3 Å². The van der Waals surface area contributed by atoms with Crippen molar-refractivity contribution in [3.05, 3.63) is 28.1 Å². The first kappa shape index (κ1) is 13.2. The maximum absolute atomic E-state index is 11.8. The highest BCUT2D eigenvalue weighted by atomic mass is 16.6. The van der Waals surface area contributed by atoms with Gasteiger partial charge in [0.15, 0.2) is 0 Å². The predicted molar refractivity (Wildman–Crippen MR) is 60.7 cm³/mol. The third-order valence-corrected chi connectivity index (χ3v) is 2.34. The van der Waals surface area contributed by atoms with Crippen LogP contribution in [0.2, 0.25) is 0 Å². The van der Waals surface area contributed by atoms with E-state index in [-0.39, 0.29) is 17.3 Å². The van der Waals surface area contributed by atoms with Crippen molar-refractivity contribution in [2.45, 2.75) is 19.4 Å². The summed E-state index contributed by atoms with van der Waals surface area (Å²) in [6.45, 7) is 2.03. The lowest BCUT2D eigenvalue weighted by atomic mass is 10.2. The van der Waals surface area contributed by atoms with Gasteiger partial charge in [0.05, 0.1) is 17.2 Å². The van der Waals surface area contributed by atoms with Gasteiger partial charge in [-0.05, 0) is 13.3 Å². The molecule has 1 aromatic heterocycles. The molecule has 2 N–H and O–H groups in total. The zero-order valence-corrected chi connectivity index (χ0v) is 9.71. The molecular weight excluding hydrogens is 226 g/mol. The molecule has 0 saturated heterocycles. The summed E-state index contributed by atoms with van der Waals surface area (Å²) in [7, 11) is 1.58. The molecule has 0 saturated carbocycles. The Balaban J connectivity index is 2.65. The average molecular weight is 241 g/mol. The van der Waals surface area contributed by atoms with Gasteiger partial charge in [-0.15, -0.1) is 0 Å². The number of carbonyl (C=O) groups is 1. The molecule has 1 aromatic rings. The molecule has 7 heteroatoms. The predicted octanol–water partition coefficient (Wildman–Crippen LogP) is 0.766. The molecule has 1 unspecified atom stereocenters. The van der Waals surface area contributed by atoms with E-state index >= 15 is 0 Å². The first-order chi connectivity index (χ1) is 7.91. The second-order valence-electron chi connectivity index (χ2n) is 3.89. The molecule has 7 nitrogen and oxygen atoms in total. The second-order valence-corrected chi connectivity index (χ2v) is 3.89. The molecule has 94 valence electrons. The summed E-state index contributed by atoms with van der Waals surface area (Å²) in [5.74, 6) is -0.334. The molecule has 0 aliphatic carbocycles. The maximum Gasteiger partial charge on any atom is 0.287 e. The Morgan fingerprint density at radius 2 is 2.35 bits per heavy atom. The monoisotopic (exact) mass is 241 g/mol. The standard InChI is InChI=1S/C10H15N3O4/c1-7(14)3-4-12(2)10(15)9-5-8(6-11-9)13(16)17/h5-7,11,14H,3-4H2,1-2H3. The molecule has 0 spiro atoms. The molecular formula is C10H15N3O4. The van der Waals surface area contributed by atoms with Crippen LogP contribution in [0.3, 0.4) is 0 Å². The molecule has 0 bridgehead atoms. The molecule has 1 rings (SSSR count). The average Bonchev–Trinajstić information content (AvgIpc) is 2.73. The van der Waals surface area contributed by atoms with Crippen molar-refractivity contribution < 1.29 is 14.8 Å². The fraction of sp³-hybridized carbons (Fsp3) is 0.500. The molecule has 1 amide bonds. The lowest BCUT2D eigenvalue weighted by molar-refractivity contribution is -0.384. The van der Waals surface area contributed by atoms with E-state index < -0.39 is 11.0 Å². The fourth-order valence-corrected chi connectivity index (χ4v) is 1.30. The van der Waals surface area contributed by atoms with Crippen molar-refractivity contribution in [2.24, 2.45) is 0 Å². The molecule has 0 aliphatic rings. The van der Waals surface area contributed by atoms with Crippen LogP contribution in [0.1, 0.15) is 23.8 Å². The van der Waals surface area contributed by atoms with Crippen molar-refractivity contribution in [1.29, 1.82) is 0 Å². The van der Waals surface area contributed by atoms with E-state index in [1.54, 1.807) is 14.0 Å². The third kappa shape index (κ3) is 3.56. The van der Waals surface area contributed by atoms with Crippen LogP contribution in [-0.4, -0.2) is 45.5 Å². The van der Waals surface area contributed by atoms with Crippen molar-refractivity contribution >= 4 is 11.6 Å². The van der Waals surface area contributed by atoms with Crippen LogP contribution in [0.4, 0.5) is 5.69 Å². The minimum absolute atomic E-state index is 0.141. The number of nitrogens with zero attached hydrogens (tertiary/aromatic N) is 2. The zero-order valence-electron chi connectivity index (χ0n) is 9.71. The van der Waals surface area contributed by atoms with Gasteiger partial charge in [0.2, 0.25) is 0 Å². The largest absolute Gasteiger partial charge is 0.393 e. The van der Waals surface area contributed by atoms with Crippen LogP contribution in [0, 0.1) is 10.1 Å². The SMILES string of the molecule is CC(O)CCN(C)C(=O)c1cc([N+](=O)[O-])c[nH]1. The number of aliphatic hydroxyl groups is 1. The Hall–Kier alpha value is -1.89. The molecule has 0 aliphatic heterocycles. The lowest BCUT2D eigenvalue weighted by Gasteiger charge is -2.16. The van der Waals surface area contributed by atoms with E-state index in [1.165, 1.54) is 17.2 Å². The van der Waals surface area contributed by atoms with Gasteiger partial charge in [0, 0.05) is 19.7 Å². The van der Waals surface area contributed by atoms with Crippen molar-refractivity contribution in [3.63, 3.8) is 0 Å². The number of hydrogen-bond acceptors (Lipinski definition) is 4. The van der Waals surface area contributed by atoms with Gasteiger partial charge in [0.25, 0.3) is 11.6 Å². The number of aromatic amines is 1. The number of nitrogens with one attached hydrogen (secondary N) is 1. The van der Waals surface area contributed by atoms with Gasteiger partial charge < -0.3 is 15.0 Å². The number of hydrogen-bond donors (Lipinski definition) is 2. The Kier molecular flexibility index (Phi) is 4.22. The first-order valence-electron chi connectivity index (χ1n) is 5.18. The quantitative estimate of drug-likeness (QED) is 0.587. The van der Waals surface area contributed by atoms with E-state index in [1.807, 2.05) is 0 Å².